The monoisotopic (exact) mass is 386 g/mol. The van der Waals surface area contributed by atoms with E-state index in [4.69, 9.17) is 26.2 Å². The summed E-state index contributed by atoms with van der Waals surface area (Å²) in [6.45, 7) is -0.538. The first-order chi connectivity index (χ1) is 12.9. The smallest absolute Gasteiger partial charge is 0.341 e. The molecular formula is C19H15ClN2O5. The molecule has 27 heavy (non-hydrogen) atoms. The molecule has 2 aromatic carbocycles. The number of anilines is 1. The minimum atomic E-state index is -1.14. The summed E-state index contributed by atoms with van der Waals surface area (Å²) < 4.78 is 10.2. The number of carbonyl (C=O) groups is 2. The molecule has 0 saturated carbocycles. The molecule has 0 spiro atoms. The van der Waals surface area contributed by atoms with Crippen LogP contribution in [0.15, 0.2) is 48.0 Å². The molecule has 0 fully saturated rings. The number of aliphatic carboxylic acids is 1. The Morgan fingerprint density at radius 2 is 2.00 bits per heavy atom. The van der Waals surface area contributed by atoms with Crippen LogP contribution in [0.3, 0.4) is 0 Å². The number of benzene rings is 2. The molecular weight excluding hydrogens is 372 g/mol. The SMILES string of the molecule is COc1ccc(NC(=O)/C(C#N)=C/c2ccccc2OCC(=O)O)cc1Cl. The van der Waals surface area contributed by atoms with Crippen molar-refractivity contribution in [3.8, 4) is 17.6 Å². The van der Waals surface area contributed by atoms with E-state index in [2.05, 4.69) is 5.32 Å². The Bertz CT molecular complexity index is 934. The third kappa shape index (κ3) is 5.49. The molecule has 0 radical (unpaired) electrons. The maximum absolute atomic E-state index is 12.4. The lowest BCUT2D eigenvalue weighted by Gasteiger charge is -2.09. The number of carbonyl (C=O) groups excluding carboxylic acids is 1. The maximum atomic E-state index is 12.4. The van der Waals surface area contributed by atoms with Gasteiger partial charge in [0.25, 0.3) is 5.91 Å². The molecule has 138 valence electrons. The summed E-state index contributed by atoms with van der Waals surface area (Å²) in [5.74, 6) is -1.08. The summed E-state index contributed by atoms with van der Waals surface area (Å²) in [7, 11) is 1.47. The molecule has 0 aromatic heterocycles. The topological polar surface area (TPSA) is 109 Å². The van der Waals surface area contributed by atoms with Gasteiger partial charge in [0, 0.05) is 11.3 Å². The Labute approximate surface area is 160 Å². The minimum Gasteiger partial charge on any atom is -0.495 e. The van der Waals surface area contributed by atoms with E-state index in [0.717, 1.165) is 0 Å². The fourth-order valence-electron chi connectivity index (χ4n) is 2.12. The maximum Gasteiger partial charge on any atom is 0.341 e. The quantitative estimate of drug-likeness (QED) is 0.558. The molecule has 0 bridgehead atoms. The summed E-state index contributed by atoms with van der Waals surface area (Å²) >= 11 is 6.02. The van der Waals surface area contributed by atoms with Crippen LogP contribution >= 0.6 is 11.6 Å². The number of carboxylic acid groups (broad SMARTS) is 1. The fraction of sp³-hybridized carbons (Fsp3) is 0.105. The van der Waals surface area contributed by atoms with Crippen molar-refractivity contribution in [1.82, 2.24) is 0 Å². The van der Waals surface area contributed by atoms with E-state index < -0.39 is 18.5 Å². The van der Waals surface area contributed by atoms with Crippen LogP contribution in [0.25, 0.3) is 6.08 Å². The molecule has 0 unspecified atom stereocenters. The van der Waals surface area contributed by atoms with Crippen LogP contribution in [0.2, 0.25) is 5.02 Å². The van der Waals surface area contributed by atoms with Crippen molar-refractivity contribution in [2.75, 3.05) is 19.0 Å². The van der Waals surface area contributed by atoms with E-state index in [0.29, 0.717) is 22.0 Å². The van der Waals surface area contributed by atoms with Crippen molar-refractivity contribution < 1.29 is 24.2 Å². The number of rotatable bonds is 7. The van der Waals surface area contributed by atoms with Crippen LogP contribution < -0.4 is 14.8 Å². The molecule has 8 heteroatoms. The van der Waals surface area contributed by atoms with Crippen LogP contribution in [-0.2, 0) is 9.59 Å². The normalized spacial score (nSPS) is 10.6. The van der Waals surface area contributed by atoms with Crippen molar-refractivity contribution in [3.05, 3.63) is 58.6 Å². The molecule has 0 aliphatic heterocycles. The Hall–Kier alpha value is -3.50. The van der Waals surface area contributed by atoms with Crippen molar-refractivity contribution in [3.63, 3.8) is 0 Å². The van der Waals surface area contributed by atoms with Gasteiger partial charge in [-0.2, -0.15) is 5.26 Å². The first kappa shape index (κ1) is 19.8. The number of hydrogen-bond acceptors (Lipinski definition) is 5. The van der Waals surface area contributed by atoms with Crippen LogP contribution in [0.5, 0.6) is 11.5 Å². The molecule has 2 N–H and O–H groups in total. The first-order valence-corrected chi connectivity index (χ1v) is 8.02. The van der Waals surface area contributed by atoms with E-state index >= 15 is 0 Å². The Morgan fingerprint density at radius 1 is 1.26 bits per heavy atom. The van der Waals surface area contributed by atoms with Crippen molar-refractivity contribution in [1.29, 1.82) is 5.26 Å². The lowest BCUT2D eigenvalue weighted by molar-refractivity contribution is -0.139. The zero-order chi connectivity index (χ0) is 19.8. The summed E-state index contributed by atoms with van der Waals surface area (Å²) in [4.78, 5) is 23.1. The number of methoxy groups -OCH3 is 1. The van der Waals surface area contributed by atoms with E-state index in [-0.39, 0.29) is 11.3 Å². The molecule has 7 nitrogen and oxygen atoms in total. The highest BCUT2D eigenvalue weighted by atomic mass is 35.5. The summed E-state index contributed by atoms with van der Waals surface area (Å²) in [6.07, 6.45) is 1.32. The molecule has 0 heterocycles. The van der Waals surface area contributed by atoms with Crippen LogP contribution in [0, 0.1) is 11.3 Å². The third-order valence-corrected chi connectivity index (χ3v) is 3.64. The number of carboxylic acids is 1. The predicted molar refractivity (Wildman–Crippen MR) is 99.8 cm³/mol. The van der Waals surface area contributed by atoms with Gasteiger partial charge in [-0.25, -0.2) is 4.79 Å². The molecule has 0 saturated heterocycles. The Morgan fingerprint density at radius 3 is 2.63 bits per heavy atom. The molecule has 2 rings (SSSR count). The first-order valence-electron chi connectivity index (χ1n) is 7.65. The second-order valence-corrected chi connectivity index (χ2v) is 5.60. The second-order valence-electron chi connectivity index (χ2n) is 5.19. The number of nitriles is 1. The minimum absolute atomic E-state index is 0.187. The standard InChI is InChI=1S/C19H15ClN2O5/c1-26-17-7-6-14(9-15(17)20)22-19(25)13(10-21)8-12-4-2-3-5-16(12)27-11-18(23)24/h2-9H,11H2,1H3,(H,22,25)(H,23,24)/b13-8+. The van der Waals surface area contributed by atoms with Gasteiger partial charge in [-0.1, -0.05) is 29.8 Å². The summed E-state index contributed by atoms with van der Waals surface area (Å²) in [5.41, 5.74) is 0.605. The number of ether oxygens (including phenoxy) is 2. The van der Waals surface area contributed by atoms with Gasteiger partial charge in [0.05, 0.1) is 12.1 Å². The van der Waals surface area contributed by atoms with Crippen LogP contribution in [0.4, 0.5) is 5.69 Å². The average molecular weight is 387 g/mol. The molecule has 1 amide bonds. The van der Waals surface area contributed by atoms with E-state index in [1.54, 1.807) is 36.4 Å². The van der Waals surface area contributed by atoms with Crippen molar-refractivity contribution in [2.24, 2.45) is 0 Å². The Balaban J connectivity index is 2.23. The van der Waals surface area contributed by atoms with Gasteiger partial charge in [-0.15, -0.1) is 0 Å². The number of nitrogens with one attached hydrogen (secondary N) is 1. The van der Waals surface area contributed by atoms with Gasteiger partial charge in [0.15, 0.2) is 6.61 Å². The second kappa shape index (κ2) is 9.27. The number of hydrogen-bond donors (Lipinski definition) is 2. The van der Waals surface area contributed by atoms with Gasteiger partial charge < -0.3 is 19.9 Å². The molecule has 0 aliphatic carbocycles. The molecule has 2 aromatic rings. The van der Waals surface area contributed by atoms with E-state index in [1.165, 1.54) is 19.3 Å². The summed E-state index contributed by atoms with van der Waals surface area (Å²) in [5, 5.41) is 20.9. The van der Waals surface area contributed by atoms with Gasteiger partial charge >= 0.3 is 5.97 Å². The van der Waals surface area contributed by atoms with Gasteiger partial charge in [0.2, 0.25) is 0 Å². The van der Waals surface area contributed by atoms with Gasteiger partial charge in [-0.3, -0.25) is 4.79 Å². The summed E-state index contributed by atoms with van der Waals surface area (Å²) in [6, 6.07) is 13.0. The van der Waals surface area contributed by atoms with Gasteiger partial charge in [-0.05, 0) is 30.3 Å². The number of para-hydroxylation sites is 1. The lowest BCUT2D eigenvalue weighted by atomic mass is 10.1. The average Bonchev–Trinajstić information content (AvgIpc) is 2.65. The fourth-order valence-corrected chi connectivity index (χ4v) is 2.38. The highest BCUT2D eigenvalue weighted by Gasteiger charge is 2.13. The van der Waals surface area contributed by atoms with Crippen molar-refractivity contribution >= 4 is 35.2 Å². The Kier molecular flexibility index (Phi) is 6.80. The van der Waals surface area contributed by atoms with Crippen LogP contribution in [0.1, 0.15) is 5.56 Å². The third-order valence-electron chi connectivity index (χ3n) is 3.34. The number of amides is 1. The predicted octanol–water partition coefficient (Wildman–Crippen LogP) is 3.36. The molecule has 0 aliphatic rings. The zero-order valence-electron chi connectivity index (χ0n) is 14.2. The van der Waals surface area contributed by atoms with E-state index in [9.17, 15) is 14.9 Å². The highest BCUT2D eigenvalue weighted by Crippen LogP contribution is 2.27. The largest absolute Gasteiger partial charge is 0.495 e. The zero-order valence-corrected chi connectivity index (χ0v) is 15.0. The highest BCUT2D eigenvalue weighted by molar-refractivity contribution is 6.32. The lowest BCUT2D eigenvalue weighted by Crippen LogP contribution is -2.14. The van der Waals surface area contributed by atoms with Crippen molar-refractivity contribution in [2.45, 2.75) is 0 Å². The number of nitrogens with zero attached hydrogens (tertiary/aromatic N) is 1. The molecule has 0 atom stereocenters. The number of halogens is 1. The van der Waals surface area contributed by atoms with Gasteiger partial charge in [0.1, 0.15) is 23.1 Å². The van der Waals surface area contributed by atoms with E-state index in [1.807, 2.05) is 6.07 Å². The van der Waals surface area contributed by atoms with Crippen LogP contribution in [-0.4, -0.2) is 30.7 Å².